The topological polar surface area (TPSA) is 68.3 Å². The van der Waals surface area contributed by atoms with Gasteiger partial charge in [-0.2, -0.15) is 0 Å². The molecule has 0 saturated heterocycles. The minimum absolute atomic E-state index is 0.171. The zero-order chi connectivity index (χ0) is 18.0. The molecule has 0 aliphatic heterocycles. The highest BCUT2D eigenvalue weighted by Gasteiger charge is 2.21. The van der Waals surface area contributed by atoms with Gasteiger partial charge in [0.1, 0.15) is 5.00 Å². The molecule has 0 saturated carbocycles. The Kier molecular flexibility index (Phi) is 5.41. The third kappa shape index (κ3) is 3.86. The van der Waals surface area contributed by atoms with Gasteiger partial charge in [0, 0.05) is 4.88 Å². The van der Waals surface area contributed by atoms with Crippen LogP contribution < -0.4 is 5.32 Å². The number of anilines is 1. The molecule has 130 valence electrons. The van der Waals surface area contributed by atoms with Gasteiger partial charge in [0.25, 0.3) is 0 Å². The summed E-state index contributed by atoms with van der Waals surface area (Å²) in [5.41, 5.74) is 2.21. The first-order chi connectivity index (χ1) is 12.0. The average Bonchev–Trinajstić information content (AvgIpc) is 3.13. The molecule has 0 radical (unpaired) electrons. The van der Waals surface area contributed by atoms with Gasteiger partial charge >= 0.3 is 5.97 Å². The predicted molar refractivity (Wildman–Crippen MR) is 104 cm³/mol. The Balaban J connectivity index is 1.68. The molecule has 25 heavy (non-hydrogen) atoms. The number of benzene rings is 1. The summed E-state index contributed by atoms with van der Waals surface area (Å²) in [6.45, 7) is 3.77. The fraction of sp³-hybridized carbons (Fsp3) is 0.235. The summed E-state index contributed by atoms with van der Waals surface area (Å²) in [4.78, 5) is 29.7. The maximum Gasteiger partial charge on any atom is 0.341 e. The van der Waals surface area contributed by atoms with Gasteiger partial charge in [-0.3, -0.25) is 4.79 Å². The van der Waals surface area contributed by atoms with Crippen LogP contribution in [0.3, 0.4) is 0 Å². The van der Waals surface area contributed by atoms with Crippen LogP contribution in [-0.4, -0.2) is 29.7 Å². The van der Waals surface area contributed by atoms with E-state index in [9.17, 15) is 9.59 Å². The molecule has 1 N–H and O–H groups in total. The number of hydrogen-bond acceptors (Lipinski definition) is 7. The first-order valence-corrected chi connectivity index (χ1v) is 10.1. The quantitative estimate of drug-likeness (QED) is 0.512. The lowest BCUT2D eigenvalue weighted by atomic mass is 10.1. The van der Waals surface area contributed by atoms with E-state index in [1.54, 1.807) is 11.3 Å². The normalized spacial score (nSPS) is 10.8. The number of carbonyl (C=O) groups excluding carboxylic acids is 2. The highest BCUT2D eigenvalue weighted by molar-refractivity contribution is 8.01. The highest BCUT2D eigenvalue weighted by Crippen LogP contribution is 2.34. The summed E-state index contributed by atoms with van der Waals surface area (Å²) < 4.78 is 6.77. The number of thioether (sulfide) groups is 1. The fourth-order valence-electron chi connectivity index (χ4n) is 2.27. The van der Waals surface area contributed by atoms with Crippen molar-refractivity contribution in [2.24, 2.45) is 0 Å². The molecule has 5 nitrogen and oxygen atoms in total. The number of thiophene rings is 1. The van der Waals surface area contributed by atoms with E-state index in [1.807, 2.05) is 38.1 Å². The summed E-state index contributed by atoms with van der Waals surface area (Å²) >= 11 is 4.34. The number of aryl methyl sites for hydroxylation is 1. The molecule has 0 aliphatic rings. The molecule has 8 heteroatoms. The summed E-state index contributed by atoms with van der Waals surface area (Å²) in [6.07, 6.45) is 0. The van der Waals surface area contributed by atoms with Crippen molar-refractivity contribution < 1.29 is 14.3 Å². The van der Waals surface area contributed by atoms with Crippen LogP contribution in [0.25, 0.3) is 10.2 Å². The molecule has 0 bridgehead atoms. The van der Waals surface area contributed by atoms with Gasteiger partial charge in [-0.15, -0.1) is 22.7 Å². The Morgan fingerprint density at radius 1 is 1.24 bits per heavy atom. The molecule has 0 spiro atoms. The molecule has 1 aromatic carbocycles. The number of ether oxygens (including phenoxy) is 1. The van der Waals surface area contributed by atoms with E-state index in [0.717, 1.165) is 25.0 Å². The number of carbonyl (C=O) groups is 2. The van der Waals surface area contributed by atoms with Crippen molar-refractivity contribution in [2.45, 2.75) is 18.2 Å². The maximum absolute atomic E-state index is 12.3. The first-order valence-electron chi connectivity index (χ1n) is 7.46. The van der Waals surface area contributed by atoms with Crippen molar-refractivity contribution in [3.8, 4) is 0 Å². The smallest absolute Gasteiger partial charge is 0.341 e. The zero-order valence-electron chi connectivity index (χ0n) is 13.9. The number of fused-ring (bicyclic) bond motifs is 1. The maximum atomic E-state index is 12.3. The monoisotopic (exact) mass is 392 g/mol. The van der Waals surface area contributed by atoms with Crippen LogP contribution in [0.2, 0.25) is 0 Å². The first kappa shape index (κ1) is 17.9. The van der Waals surface area contributed by atoms with Crippen LogP contribution in [0.15, 0.2) is 28.6 Å². The van der Waals surface area contributed by atoms with E-state index >= 15 is 0 Å². The van der Waals surface area contributed by atoms with Crippen LogP contribution in [0, 0.1) is 13.8 Å². The number of thiazole rings is 1. The summed E-state index contributed by atoms with van der Waals surface area (Å²) in [5, 5.41) is 3.36. The molecular weight excluding hydrogens is 376 g/mol. The van der Waals surface area contributed by atoms with E-state index < -0.39 is 5.97 Å². The van der Waals surface area contributed by atoms with Crippen LogP contribution in [-0.2, 0) is 9.53 Å². The standard InChI is InChI=1S/C17H16N2O3S3/c1-9-10(2)24-15(14(9)16(21)22-3)19-13(20)8-23-17-18-11-6-4-5-7-12(11)25-17/h4-7H,8H2,1-3H3,(H,19,20). The molecule has 0 aliphatic carbocycles. The van der Waals surface area contributed by atoms with E-state index in [2.05, 4.69) is 10.3 Å². The predicted octanol–water partition coefficient (Wildman–Crippen LogP) is 4.49. The van der Waals surface area contributed by atoms with Gasteiger partial charge in [-0.05, 0) is 31.5 Å². The largest absolute Gasteiger partial charge is 0.465 e. The second-order valence-electron chi connectivity index (χ2n) is 5.26. The minimum Gasteiger partial charge on any atom is -0.465 e. The van der Waals surface area contributed by atoms with Crippen molar-refractivity contribution in [2.75, 3.05) is 18.2 Å². The molecule has 1 amide bonds. The summed E-state index contributed by atoms with van der Waals surface area (Å²) in [7, 11) is 1.34. The molecule has 0 fully saturated rings. The van der Waals surface area contributed by atoms with Crippen LogP contribution in [0.4, 0.5) is 5.00 Å². The summed E-state index contributed by atoms with van der Waals surface area (Å²) in [5.74, 6) is -0.372. The minimum atomic E-state index is -0.434. The Morgan fingerprint density at radius 3 is 2.72 bits per heavy atom. The Hall–Kier alpha value is -1.90. The average molecular weight is 393 g/mol. The lowest BCUT2D eigenvalue weighted by Crippen LogP contribution is -2.16. The lowest BCUT2D eigenvalue weighted by molar-refractivity contribution is -0.113. The zero-order valence-corrected chi connectivity index (χ0v) is 16.4. The van der Waals surface area contributed by atoms with Crippen molar-refractivity contribution in [3.63, 3.8) is 0 Å². The molecule has 0 unspecified atom stereocenters. The molecular formula is C17H16N2O3S3. The molecule has 3 aromatic rings. The number of methoxy groups -OCH3 is 1. The number of hydrogen-bond donors (Lipinski definition) is 1. The van der Waals surface area contributed by atoms with E-state index in [1.165, 1.54) is 30.2 Å². The summed E-state index contributed by atoms with van der Waals surface area (Å²) in [6, 6.07) is 7.88. The number of esters is 1. The van der Waals surface area contributed by atoms with Crippen molar-refractivity contribution in [3.05, 3.63) is 40.3 Å². The van der Waals surface area contributed by atoms with Gasteiger partial charge in [0.05, 0.1) is 28.6 Å². The van der Waals surface area contributed by atoms with Crippen LogP contribution in [0.1, 0.15) is 20.8 Å². The fourth-order valence-corrected chi connectivity index (χ4v) is 5.20. The van der Waals surface area contributed by atoms with E-state index in [-0.39, 0.29) is 11.7 Å². The van der Waals surface area contributed by atoms with E-state index in [0.29, 0.717) is 10.6 Å². The third-order valence-electron chi connectivity index (χ3n) is 3.63. The molecule has 2 aromatic heterocycles. The van der Waals surface area contributed by atoms with Gasteiger partial charge in [-0.25, -0.2) is 9.78 Å². The number of nitrogens with zero attached hydrogens (tertiary/aromatic N) is 1. The van der Waals surface area contributed by atoms with Gasteiger partial charge in [0.15, 0.2) is 4.34 Å². The number of rotatable bonds is 5. The molecule has 0 atom stereocenters. The van der Waals surface area contributed by atoms with Crippen LogP contribution >= 0.6 is 34.4 Å². The van der Waals surface area contributed by atoms with Gasteiger partial charge in [-0.1, -0.05) is 23.9 Å². The van der Waals surface area contributed by atoms with Crippen molar-refractivity contribution >= 4 is 61.5 Å². The number of nitrogens with one attached hydrogen (secondary N) is 1. The number of amides is 1. The Bertz CT molecular complexity index is 913. The second-order valence-corrected chi connectivity index (χ2v) is 8.74. The van der Waals surface area contributed by atoms with Crippen LogP contribution in [0.5, 0.6) is 0 Å². The van der Waals surface area contributed by atoms with Gasteiger partial charge in [0.2, 0.25) is 5.91 Å². The van der Waals surface area contributed by atoms with Crippen molar-refractivity contribution in [1.82, 2.24) is 4.98 Å². The second kappa shape index (κ2) is 7.55. The Labute approximate surface area is 157 Å². The molecule has 2 heterocycles. The Morgan fingerprint density at radius 2 is 2.00 bits per heavy atom. The highest BCUT2D eigenvalue weighted by atomic mass is 32.2. The van der Waals surface area contributed by atoms with Crippen molar-refractivity contribution in [1.29, 1.82) is 0 Å². The number of para-hydroxylation sites is 1. The number of aromatic nitrogens is 1. The lowest BCUT2D eigenvalue weighted by Gasteiger charge is -2.05. The van der Waals surface area contributed by atoms with Gasteiger partial charge < -0.3 is 10.1 Å². The third-order valence-corrected chi connectivity index (χ3v) is 6.93. The molecule has 3 rings (SSSR count). The SMILES string of the molecule is COC(=O)c1c(NC(=O)CSc2nc3ccccc3s2)sc(C)c1C. The van der Waals surface area contributed by atoms with E-state index in [4.69, 9.17) is 4.74 Å².